The van der Waals surface area contributed by atoms with Crippen LogP contribution in [0, 0.1) is 18.8 Å². The molecule has 0 saturated heterocycles. The molecule has 3 nitrogen and oxygen atoms in total. The highest BCUT2D eigenvalue weighted by atomic mass is 35.5. The second-order valence-electron chi connectivity index (χ2n) is 5.72. The molecule has 0 radical (unpaired) electrons. The van der Waals surface area contributed by atoms with E-state index >= 15 is 0 Å². The Balaban J connectivity index is 0.00000200. The maximum absolute atomic E-state index is 12.4. The maximum Gasteiger partial charge on any atom is 0.178 e. The van der Waals surface area contributed by atoms with E-state index in [0.717, 1.165) is 37.8 Å². The van der Waals surface area contributed by atoms with Gasteiger partial charge in [0.2, 0.25) is 0 Å². The Morgan fingerprint density at radius 1 is 1.15 bits per heavy atom. The van der Waals surface area contributed by atoms with E-state index in [2.05, 4.69) is 0 Å². The van der Waals surface area contributed by atoms with Gasteiger partial charge >= 0.3 is 0 Å². The molecule has 114 valence electrons. The van der Waals surface area contributed by atoms with Crippen LogP contribution in [0.5, 0.6) is 0 Å². The van der Waals surface area contributed by atoms with E-state index in [1.165, 1.54) is 0 Å². The first-order valence-corrected chi connectivity index (χ1v) is 8.66. The molecule has 0 spiro atoms. The number of hydrogen-bond acceptors (Lipinski definition) is 3. The topological polar surface area (TPSA) is 60.2 Å². The summed E-state index contributed by atoms with van der Waals surface area (Å²) in [7, 11) is -3.14. The Morgan fingerprint density at radius 2 is 1.75 bits per heavy atom. The van der Waals surface area contributed by atoms with Crippen molar-refractivity contribution in [1.82, 2.24) is 0 Å². The Kier molecular flexibility index (Phi) is 6.49. The summed E-state index contributed by atoms with van der Waals surface area (Å²) in [4.78, 5) is 0.466. The molecule has 0 aliphatic heterocycles. The summed E-state index contributed by atoms with van der Waals surface area (Å²) in [5.41, 5.74) is 6.66. The molecule has 1 aromatic carbocycles. The first-order valence-electron chi connectivity index (χ1n) is 7.01. The normalized spacial score (nSPS) is 23.1. The highest BCUT2D eigenvalue weighted by Gasteiger charge is 2.26. The van der Waals surface area contributed by atoms with E-state index in [9.17, 15) is 8.42 Å². The zero-order chi connectivity index (χ0) is 13.9. The van der Waals surface area contributed by atoms with E-state index in [4.69, 9.17) is 5.73 Å². The van der Waals surface area contributed by atoms with Crippen LogP contribution in [-0.4, -0.2) is 20.7 Å². The molecule has 0 atom stereocenters. The summed E-state index contributed by atoms with van der Waals surface area (Å²) in [5.74, 6) is 1.18. The fourth-order valence-electron chi connectivity index (χ4n) is 2.85. The molecule has 1 fully saturated rings. The standard InChI is InChI=1S/C15H23NO2S.ClH/c1-12-3-2-4-15(9-12)19(17,18)11-14-7-5-13(10-16)6-8-14;/h2-4,9,13-14H,5-8,10-11,16H2,1H3;1H. The van der Waals surface area contributed by atoms with Crippen LogP contribution in [0.25, 0.3) is 0 Å². The van der Waals surface area contributed by atoms with Crippen molar-refractivity contribution >= 4 is 22.2 Å². The highest BCUT2D eigenvalue weighted by molar-refractivity contribution is 7.91. The minimum atomic E-state index is -3.14. The van der Waals surface area contributed by atoms with Crippen molar-refractivity contribution in [3.05, 3.63) is 29.8 Å². The molecule has 2 N–H and O–H groups in total. The Morgan fingerprint density at radius 3 is 2.30 bits per heavy atom. The van der Waals surface area contributed by atoms with Crippen molar-refractivity contribution in [2.75, 3.05) is 12.3 Å². The van der Waals surface area contributed by atoms with Gasteiger partial charge in [-0.1, -0.05) is 12.1 Å². The first kappa shape index (κ1) is 17.5. The first-order chi connectivity index (χ1) is 9.01. The number of benzene rings is 1. The number of aryl methyl sites for hydroxylation is 1. The zero-order valence-electron chi connectivity index (χ0n) is 11.9. The van der Waals surface area contributed by atoms with E-state index < -0.39 is 9.84 Å². The van der Waals surface area contributed by atoms with Gasteiger partial charge < -0.3 is 5.73 Å². The summed E-state index contributed by atoms with van der Waals surface area (Å²) >= 11 is 0. The van der Waals surface area contributed by atoms with E-state index in [1.54, 1.807) is 12.1 Å². The van der Waals surface area contributed by atoms with Gasteiger partial charge in [0.05, 0.1) is 10.6 Å². The molecule has 1 aliphatic carbocycles. The molecule has 0 heterocycles. The molecular weight excluding hydrogens is 294 g/mol. The zero-order valence-corrected chi connectivity index (χ0v) is 13.6. The van der Waals surface area contributed by atoms with Gasteiger partial charge in [-0.05, 0) is 68.7 Å². The molecule has 1 aliphatic rings. The lowest BCUT2D eigenvalue weighted by molar-refractivity contribution is 0.297. The van der Waals surface area contributed by atoms with Gasteiger partial charge in [-0.3, -0.25) is 0 Å². The fourth-order valence-corrected chi connectivity index (χ4v) is 4.65. The van der Waals surface area contributed by atoms with Crippen LogP contribution < -0.4 is 5.73 Å². The average Bonchev–Trinajstić information content (AvgIpc) is 2.39. The summed E-state index contributed by atoms with van der Waals surface area (Å²) < 4.78 is 24.8. The minimum absolute atomic E-state index is 0. The predicted molar refractivity (Wildman–Crippen MR) is 85.0 cm³/mol. The molecule has 0 bridgehead atoms. The molecule has 1 aromatic rings. The monoisotopic (exact) mass is 317 g/mol. The molecule has 5 heteroatoms. The van der Waals surface area contributed by atoms with Crippen LogP contribution in [0.2, 0.25) is 0 Å². The lowest BCUT2D eigenvalue weighted by atomic mass is 9.83. The largest absolute Gasteiger partial charge is 0.330 e. The third kappa shape index (κ3) is 4.47. The Bertz CT molecular complexity index is 522. The van der Waals surface area contributed by atoms with Gasteiger partial charge in [-0.25, -0.2) is 8.42 Å². The SMILES string of the molecule is Cc1cccc(S(=O)(=O)CC2CCC(CN)CC2)c1.Cl. The van der Waals surface area contributed by atoms with Crippen molar-refractivity contribution in [1.29, 1.82) is 0 Å². The number of rotatable bonds is 4. The molecule has 20 heavy (non-hydrogen) atoms. The molecule has 1 saturated carbocycles. The third-order valence-electron chi connectivity index (χ3n) is 4.10. The second kappa shape index (κ2) is 7.43. The summed E-state index contributed by atoms with van der Waals surface area (Å²) in [6, 6.07) is 7.20. The van der Waals surface area contributed by atoms with Crippen molar-refractivity contribution in [2.45, 2.75) is 37.5 Å². The lowest BCUT2D eigenvalue weighted by Crippen LogP contribution is -2.25. The molecule has 2 rings (SSSR count). The molecular formula is C15H24ClNO2S. The van der Waals surface area contributed by atoms with Crippen molar-refractivity contribution in [3.63, 3.8) is 0 Å². The van der Waals surface area contributed by atoms with Gasteiger partial charge in [0, 0.05) is 0 Å². The molecule has 0 unspecified atom stereocenters. The van der Waals surface area contributed by atoms with Crippen LogP contribution in [0.1, 0.15) is 31.2 Å². The fraction of sp³-hybridized carbons (Fsp3) is 0.600. The molecule has 0 amide bonds. The average molecular weight is 318 g/mol. The summed E-state index contributed by atoms with van der Waals surface area (Å²) in [6.45, 7) is 2.66. The van der Waals surface area contributed by atoms with Gasteiger partial charge in [0.1, 0.15) is 0 Å². The van der Waals surface area contributed by atoms with Crippen LogP contribution >= 0.6 is 12.4 Å². The maximum atomic E-state index is 12.4. The smallest absolute Gasteiger partial charge is 0.178 e. The number of hydrogen-bond donors (Lipinski definition) is 1. The van der Waals surface area contributed by atoms with Crippen molar-refractivity contribution in [2.24, 2.45) is 17.6 Å². The number of sulfone groups is 1. The number of nitrogens with two attached hydrogens (primary N) is 1. The quantitative estimate of drug-likeness (QED) is 0.928. The highest BCUT2D eigenvalue weighted by Crippen LogP contribution is 2.30. The van der Waals surface area contributed by atoms with Gasteiger partial charge in [0.15, 0.2) is 9.84 Å². The Hall–Kier alpha value is -0.580. The predicted octanol–water partition coefficient (Wildman–Crippen LogP) is 2.96. The van der Waals surface area contributed by atoms with Crippen LogP contribution in [0.4, 0.5) is 0 Å². The Labute approximate surface area is 128 Å². The van der Waals surface area contributed by atoms with Crippen molar-refractivity contribution < 1.29 is 8.42 Å². The summed E-state index contributed by atoms with van der Waals surface area (Å²) in [6.07, 6.45) is 4.13. The van der Waals surface area contributed by atoms with Crippen LogP contribution in [-0.2, 0) is 9.84 Å². The van der Waals surface area contributed by atoms with Gasteiger partial charge in [-0.15, -0.1) is 12.4 Å². The van der Waals surface area contributed by atoms with Gasteiger partial charge in [-0.2, -0.15) is 0 Å². The van der Waals surface area contributed by atoms with E-state index in [1.807, 2.05) is 19.1 Å². The van der Waals surface area contributed by atoms with Crippen LogP contribution in [0.3, 0.4) is 0 Å². The van der Waals surface area contributed by atoms with Crippen molar-refractivity contribution in [3.8, 4) is 0 Å². The third-order valence-corrected chi connectivity index (χ3v) is 5.99. The van der Waals surface area contributed by atoms with Crippen LogP contribution in [0.15, 0.2) is 29.2 Å². The summed E-state index contributed by atoms with van der Waals surface area (Å²) in [5, 5.41) is 0. The minimum Gasteiger partial charge on any atom is -0.330 e. The van der Waals surface area contributed by atoms with Gasteiger partial charge in [0.25, 0.3) is 0 Å². The van der Waals surface area contributed by atoms with E-state index in [-0.39, 0.29) is 18.2 Å². The molecule has 0 aromatic heterocycles. The van der Waals surface area contributed by atoms with E-state index in [0.29, 0.717) is 16.7 Å². The second-order valence-corrected chi connectivity index (χ2v) is 7.75. The lowest BCUT2D eigenvalue weighted by Gasteiger charge is -2.27. The number of halogens is 1.